The quantitative estimate of drug-likeness (QED) is 0.591. The van der Waals surface area contributed by atoms with Crippen molar-refractivity contribution in [2.24, 2.45) is 0 Å². The second-order valence-electron chi connectivity index (χ2n) is 4.35. The molecule has 0 aliphatic heterocycles. The van der Waals surface area contributed by atoms with Crippen LogP contribution in [0.3, 0.4) is 0 Å². The third-order valence-corrected chi connectivity index (χ3v) is 5.64. The van der Waals surface area contributed by atoms with E-state index in [0.29, 0.717) is 10.0 Å². The van der Waals surface area contributed by atoms with Crippen LogP contribution in [0.4, 0.5) is 10.1 Å². The topological polar surface area (TPSA) is 72.0 Å². The van der Waals surface area contributed by atoms with Gasteiger partial charge in [0.15, 0.2) is 14.5 Å². The molecule has 2 rings (SSSR count). The molecule has 1 aromatic carbocycles. The van der Waals surface area contributed by atoms with Gasteiger partial charge in [-0.05, 0) is 24.0 Å². The number of benzene rings is 1. The first-order valence-electron chi connectivity index (χ1n) is 6.69. The molecule has 1 heterocycles. The number of hydrogen-bond acceptors (Lipinski definition) is 7. The zero-order chi connectivity index (χ0) is 16.8. The molecule has 0 atom stereocenters. The Morgan fingerprint density at radius 1 is 1.26 bits per heavy atom. The van der Waals surface area contributed by atoms with Crippen LogP contribution in [0.1, 0.15) is 24.2 Å². The highest BCUT2D eigenvalue weighted by Gasteiger charge is 2.14. The lowest BCUT2D eigenvalue weighted by Crippen LogP contribution is -2.09. The van der Waals surface area contributed by atoms with Gasteiger partial charge in [0.1, 0.15) is 5.82 Å². The molecule has 0 bridgehead atoms. The SMILES string of the molecule is CCSc1nnc(SCC(=O)c2ccc(NC(C)=O)cc2F)s1. The monoisotopic (exact) mass is 371 g/mol. The molecule has 0 unspecified atom stereocenters. The van der Waals surface area contributed by atoms with Crippen LogP contribution in [0.15, 0.2) is 26.9 Å². The number of aromatic nitrogens is 2. The van der Waals surface area contributed by atoms with Gasteiger partial charge in [-0.25, -0.2) is 4.39 Å². The Balaban J connectivity index is 1.98. The van der Waals surface area contributed by atoms with E-state index in [1.807, 2.05) is 6.92 Å². The van der Waals surface area contributed by atoms with E-state index in [9.17, 15) is 14.0 Å². The molecular formula is C14H14FN3O2S3. The summed E-state index contributed by atoms with van der Waals surface area (Å²) in [6.45, 7) is 3.36. The third-order valence-electron chi connectivity index (χ3n) is 2.57. The summed E-state index contributed by atoms with van der Waals surface area (Å²) in [7, 11) is 0. The fraction of sp³-hybridized carbons (Fsp3) is 0.286. The Labute approximate surface area is 145 Å². The number of amides is 1. The molecular weight excluding hydrogens is 357 g/mol. The van der Waals surface area contributed by atoms with Crippen molar-refractivity contribution >= 4 is 52.2 Å². The molecule has 0 saturated carbocycles. The number of nitrogens with zero attached hydrogens (tertiary/aromatic N) is 2. The molecule has 9 heteroatoms. The summed E-state index contributed by atoms with van der Waals surface area (Å²) in [5.74, 6) is -0.287. The maximum Gasteiger partial charge on any atom is 0.221 e. The Kier molecular flexibility index (Phi) is 6.55. The lowest BCUT2D eigenvalue weighted by molar-refractivity contribution is -0.114. The van der Waals surface area contributed by atoms with Crippen LogP contribution in [0.25, 0.3) is 0 Å². The highest BCUT2D eigenvalue weighted by Crippen LogP contribution is 2.29. The van der Waals surface area contributed by atoms with Crippen molar-refractivity contribution in [3.8, 4) is 0 Å². The van der Waals surface area contributed by atoms with E-state index in [-0.39, 0.29) is 23.0 Å². The average Bonchev–Trinajstić information content (AvgIpc) is 2.92. The Bertz CT molecular complexity index is 721. The van der Waals surface area contributed by atoms with Gasteiger partial charge in [-0.15, -0.1) is 10.2 Å². The number of rotatable bonds is 7. The van der Waals surface area contributed by atoms with Gasteiger partial charge < -0.3 is 5.32 Å². The average molecular weight is 371 g/mol. The molecule has 0 saturated heterocycles. The first-order chi connectivity index (χ1) is 11.0. The maximum absolute atomic E-state index is 14.0. The largest absolute Gasteiger partial charge is 0.326 e. The molecule has 1 aromatic heterocycles. The van der Waals surface area contributed by atoms with E-state index < -0.39 is 5.82 Å². The maximum atomic E-state index is 14.0. The van der Waals surface area contributed by atoms with Gasteiger partial charge in [0.2, 0.25) is 5.91 Å². The van der Waals surface area contributed by atoms with Gasteiger partial charge in [0.25, 0.3) is 0 Å². The number of Topliss-reactive ketones (excluding diaryl/α,β-unsaturated/α-hetero) is 1. The van der Waals surface area contributed by atoms with Crippen LogP contribution in [0, 0.1) is 5.82 Å². The highest BCUT2D eigenvalue weighted by molar-refractivity contribution is 8.03. The Hall–Kier alpha value is -1.45. The van der Waals surface area contributed by atoms with E-state index in [2.05, 4.69) is 15.5 Å². The number of anilines is 1. The number of thioether (sulfide) groups is 2. The van der Waals surface area contributed by atoms with E-state index in [0.717, 1.165) is 16.2 Å². The normalized spacial score (nSPS) is 10.6. The molecule has 23 heavy (non-hydrogen) atoms. The molecule has 0 fully saturated rings. The predicted octanol–water partition coefficient (Wildman–Crippen LogP) is 3.72. The van der Waals surface area contributed by atoms with Crippen molar-refractivity contribution in [2.45, 2.75) is 22.5 Å². The van der Waals surface area contributed by atoms with Gasteiger partial charge in [-0.2, -0.15) is 0 Å². The lowest BCUT2D eigenvalue weighted by atomic mass is 10.1. The molecule has 0 aliphatic rings. The second kappa shape index (κ2) is 8.42. The van der Waals surface area contributed by atoms with Crippen molar-refractivity contribution in [3.63, 3.8) is 0 Å². The van der Waals surface area contributed by atoms with E-state index in [4.69, 9.17) is 0 Å². The first kappa shape index (κ1) is 17.9. The van der Waals surface area contributed by atoms with E-state index in [1.54, 1.807) is 11.8 Å². The van der Waals surface area contributed by atoms with Crippen LogP contribution < -0.4 is 5.32 Å². The molecule has 1 amide bonds. The van der Waals surface area contributed by atoms with Crippen LogP contribution in [-0.4, -0.2) is 33.4 Å². The molecule has 0 spiro atoms. The summed E-state index contributed by atoms with van der Waals surface area (Å²) in [6.07, 6.45) is 0. The molecule has 122 valence electrons. The predicted molar refractivity (Wildman–Crippen MR) is 92.1 cm³/mol. The number of ketones is 1. The minimum Gasteiger partial charge on any atom is -0.326 e. The number of hydrogen-bond donors (Lipinski definition) is 1. The van der Waals surface area contributed by atoms with Gasteiger partial charge in [-0.3, -0.25) is 9.59 Å². The fourth-order valence-corrected chi connectivity index (χ4v) is 4.47. The summed E-state index contributed by atoms with van der Waals surface area (Å²) in [4.78, 5) is 23.0. The van der Waals surface area contributed by atoms with Gasteiger partial charge in [0.05, 0.1) is 11.3 Å². The molecule has 1 N–H and O–H groups in total. The van der Waals surface area contributed by atoms with Crippen LogP contribution in [0.5, 0.6) is 0 Å². The van der Waals surface area contributed by atoms with Gasteiger partial charge >= 0.3 is 0 Å². The first-order valence-corrected chi connectivity index (χ1v) is 9.47. The van der Waals surface area contributed by atoms with Crippen molar-refractivity contribution < 1.29 is 14.0 Å². The van der Waals surface area contributed by atoms with Crippen molar-refractivity contribution in [1.29, 1.82) is 0 Å². The molecule has 2 aromatic rings. The van der Waals surface area contributed by atoms with Crippen molar-refractivity contribution in [2.75, 3.05) is 16.8 Å². The zero-order valence-corrected chi connectivity index (χ0v) is 14.9. The summed E-state index contributed by atoms with van der Waals surface area (Å²) in [5, 5.41) is 10.5. The molecule has 5 nitrogen and oxygen atoms in total. The van der Waals surface area contributed by atoms with Crippen LogP contribution >= 0.6 is 34.9 Å². The van der Waals surface area contributed by atoms with E-state index in [1.165, 1.54) is 42.2 Å². The second-order valence-corrected chi connectivity index (χ2v) is 8.07. The highest BCUT2D eigenvalue weighted by atomic mass is 32.2. The minimum absolute atomic E-state index is 0.000672. The zero-order valence-electron chi connectivity index (χ0n) is 12.5. The van der Waals surface area contributed by atoms with Gasteiger partial charge in [-0.1, -0.05) is 41.8 Å². The fourth-order valence-electron chi connectivity index (χ4n) is 1.66. The smallest absolute Gasteiger partial charge is 0.221 e. The molecule has 0 radical (unpaired) electrons. The van der Waals surface area contributed by atoms with E-state index >= 15 is 0 Å². The van der Waals surface area contributed by atoms with Crippen molar-refractivity contribution in [3.05, 3.63) is 29.6 Å². The number of halogens is 1. The summed E-state index contributed by atoms with van der Waals surface area (Å²) in [6, 6.07) is 4.02. The van der Waals surface area contributed by atoms with Crippen LogP contribution in [0.2, 0.25) is 0 Å². The minimum atomic E-state index is -0.652. The summed E-state index contributed by atoms with van der Waals surface area (Å²) in [5.41, 5.74) is 0.323. The summed E-state index contributed by atoms with van der Waals surface area (Å²) < 4.78 is 15.5. The Morgan fingerprint density at radius 2 is 1.96 bits per heavy atom. The summed E-state index contributed by atoms with van der Waals surface area (Å²) >= 11 is 4.25. The number of nitrogens with one attached hydrogen (secondary N) is 1. The lowest BCUT2D eigenvalue weighted by Gasteiger charge is -2.05. The number of carbonyl (C=O) groups is 2. The molecule has 0 aliphatic carbocycles. The standard InChI is InChI=1S/C14H14FN3O2S3/c1-3-21-13-17-18-14(23-13)22-7-12(20)10-5-4-9(6-11(10)15)16-8(2)19/h4-6H,3,7H2,1-2H3,(H,16,19). The van der Waals surface area contributed by atoms with Crippen LogP contribution in [-0.2, 0) is 4.79 Å². The van der Waals surface area contributed by atoms with Crippen molar-refractivity contribution in [1.82, 2.24) is 10.2 Å². The van der Waals surface area contributed by atoms with Gasteiger partial charge in [0, 0.05) is 12.6 Å². The Morgan fingerprint density at radius 3 is 2.57 bits per heavy atom. The number of carbonyl (C=O) groups excluding carboxylic acids is 2. The third kappa shape index (κ3) is 5.29.